The molecule has 29 heavy (non-hydrogen) atoms. The molecule has 2 aromatic rings. The van der Waals surface area contributed by atoms with E-state index in [9.17, 15) is 9.18 Å². The highest BCUT2D eigenvalue weighted by Gasteiger charge is 2.24. The average Bonchev–Trinajstić information content (AvgIpc) is 3.00. The van der Waals surface area contributed by atoms with Gasteiger partial charge in [-0.2, -0.15) is 0 Å². The normalized spacial score (nSPS) is 22.6. The van der Waals surface area contributed by atoms with Crippen LogP contribution in [0.1, 0.15) is 49.4 Å². The molecule has 0 aliphatic heterocycles. The summed E-state index contributed by atoms with van der Waals surface area (Å²) in [4.78, 5) is 17.2. The van der Waals surface area contributed by atoms with Crippen LogP contribution in [0.15, 0.2) is 35.4 Å². The molecular weight excluding hydrogens is 391 g/mol. The molecule has 7 heteroatoms. The van der Waals surface area contributed by atoms with Gasteiger partial charge in [0.1, 0.15) is 5.82 Å². The molecule has 1 aromatic heterocycles. The topological polar surface area (TPSA) is 59.0 Å². The first-order valence-electron chi connectivity index (χ1n) is 10.2. The predicted molar refractivity (Wildman–Crippen MR) is 115 cm³/mol. The van der Waals surface area contributed by atoms with Gasteiger partial charge in [-0.05, 0) is 30.9 Å². The Morgan fingerprint density at radius 3 is 2.76 bits per heavy atom. The number of halogens is 2. The Balaban J connectivity index is 1.59. The van der Waals surface area contributed by atoms with Crippen LogP contribution in [0.5, 0.6) is 0 Å². The summed E-state index contributed by atoms with van der Waals surface area (Å²) in [6, 6.07) is 2.94. The number of aryl methyl sites for hydroxylation is 1. The van der Waals surface area contributed by atoms with E-state index in [2.05, 4.69) is 28.6 Å². The summed E-state index contributed by atoms with van der Waals surface area (Å²) >= 11 is 6.36. The second-order valence-electron chi connectivity index (χ2n) is 8.04. The lowest BCUT2D eigenvalue weighted by Gasteiger charge is -2.25. The van der Waals surface area contributed by atoms with Crippen molar-refractivity contribution in [3.63, 3.8) is 0 Å². The van der Waals surface area contributed by atoms with Crippen molar-refractivity contribution in [2.24, 2.45) is 13.0 Å². The summed E-state index contributed by atoms with van der Waals surface area (Å²) < 4.78 is 16.5. The monoisotopic (exact) mass is 416 g/mol. The SMILES string of the molecule is CC1C=CC=C(Cl)C1Nc1nc2cc(C(=O)NC3CCCCC3)c(F)cc2n1C. The largest absolute Gasteiger partial charge is 0.349 e. The molecule has 0 bridgehead atoms. The van der Waals surface area contributed by atoms with E-state index in [4.69, 9.17) is 11.6 Å². The third kappa shape index (κ3) is 4.04. The molecule has 1 amide bonds. The van der Waals surface area contributed by atoms with Crippen molar-refractivity contribution < 1.29 is 9.18 Å². The average molecular weight is 417 g/mol. The quantitative estimate of drug-likeness (QED) is 0.746. The molecule has 0 spiro atoms. The zero-order valence-corrected chi connectivity index (χ0v) is 17.5. The van der Waals surface area contributed by atoms with E-state index < -0.39 is 5.82 Å². The molecule has 2 aliphatic carbocycles. The van der Waals surface area contributed by atoms with Gasteiger partial charge in [0.05, 0.1) is 22.6 Å². The van der Waals surface area contributed by atoms with Gasteiger partial charge in [0, 0.05) is 24.2 Å². The fourth-order valence-corrected chi connectivity index (χ4v) is 4.48. The molecule has 1 aromatic carbocycles. The molecule has 5 nitrogen and oxygen atoms in total. The highest BCUT2D eigenvalue weighted by Crippen LogP contribution is 2.28. The summed E-state index contributed by atoms with van der Waals surface area (Å²) in [6.07, 6.45) is 11.2. The Labute approximate surface area is 175 Å². The third-order valence-corrected chi connectivity index (χ3v) is 6.29. The molecule has 1 saturated carbocycles. The van der Waals surface area contributed by atoms with Gasteiger partial charge in [0.25, 0.3) is 5.91 Å². The van der Waals surface area contributed by atoms with E-state index in [-0.39, 0.29) is 29.5 Å². The maximum Gasteiger partial charge on any atom is 0.254 e. The number of hydrogen-bond acceptors (Lipinski definition) is 3. The summed E-state index contributed by atoms with van der Waals surface area (Å²) in [5.41, 5.74) is 1.24. The molecule has 154 valence electrons. The number of carbonyl (C=O) groups excluding carboxylic acids is 1. The highest BCUT2D eigenvalue weighted by molar-refractivity contribution is 6.30. The van der Waals surface area contributed by atoms with E-state index in [0.29, 0.717) is 22.0 Å². The van der Waals surface area contributed by atoms with Crippen LogP contribution < -0.4 is 10.6 Å². The second kappa shape index (κ2) is 8.19. The Morgan fingerprint density at radius 1 is 1.28 bits per heavy atom. The molecule has 2 unspecified atom stereocenters. The molecule has 0 saturated heterocycles. The van der Waals surface area contributed by atoms with Crippen LogP contribution in [0, 0.1) is 11.7 Å². The summed E-state index contributed by atoms with van der Waals surface area (Å²) in [7, 11) is 1.82. The zero-order chi connectivity index (χ0) is 20.5. The second-order valence-corrected chi connectivity index (χ2v) is 8.48. The van der Waals surface area contributed by atoms with Crippen LogP contribution >= 0.6 is 11.6 Å². The Kier molecular flexibility index (Phi) is 5.63. The van der Waals surface area contributed by atoms with Crippen molar-refractivity contribution in [3.8, 4) is 0 Å². The number of fused-ring (bicyclic) bond motifs is 1. The van der Waals surface area contributed by atoms with E-state index in [1.165, 1.54) is 18.6 Å². The van der Waals surface area contributed by atoms with Crippen molar-refractivity contribution in [2.45, 2.75) is 51.1 Å². The molecule has 1 fully saturated rings. The molecule has 2 N–H and O–H groups in total. The third-order valence-electron chi connectivity index (χ3n) is 5.93. The highest BCUT2D eigenvalue weighted by atomic mass is 35.5. The maximum absolute atomic E-state index is 14.7. The minimum absolute atomic E-state index is 0.0413. The Hall–Kier alpha value is -2.34. The van der Waals surface area contributed by atoms with Crippen molar-refractivity contribution in [1.82, 2.24) is 14.9 Å². The van der Waals surface area contributed by atoms with Gasteiger partial charge >= 0.3 is 0 Å². The van der Waals surface area contributed by atoms with Crippen molar-refractivity contribution in [3.05, 3.63) is 46.8 Å². The number of amides is 1. The van der Waals surface area contributed by atoms with Crippen LogP contribution in [-0.4, -0.2) is 27.5 Å². The summed E-state index contributed by atoms with van der Waals surface area (Å²) in [6.45, 7) is 2.07. The molecular formula is C22H26ClFN4O. The number of anilines is 1. The summed E-state index contributed by atoms with van der Waals surface area (Å²) in [5, 5.41) is 7.03. The maximum atomic E-state index is 14.7. The minimum atomic E-state index is -0.535. The number of nitrogens with zero attached hydrogens (tertiary/aromatic N) is 2. The predicted octanol–water partition coefficient (Wildman–Crippen LogP) is 4.88. The zero-order valence-electron chi connectivity index (χ0n) is 16.7. The number of nitrogens with one attached hydrogen (secondary N) is 2. The lowest BCUT2D eigenvalue weighted by atomic mass is 9.95. The fraction of sp³-hybridized carbons (Fsp3) is 0.455. The number of carbonyl (C=O) groups is 1. The molecule has 0 radical (unpaired) electrons. The first-order chi connectivity index (χ1) is 13.9. The summed E-state index contributed by atoms with van der Waals surface area (Å²) in [5.74, 6) is -0.121. The number of benzene rings is 1. The number of aromatic nitrogens is 2. The number of allylic oxidation sites excluding steroid dienone is 2. The lowest BCUT2D eigenvalue weighted by Crippen LogP contribution is -2.36. The van der Waals surface area contributed by atoms with Gasteiger partial charge in [0.2, 0.25) is 5.95 Å². The molecule has 2 atom stereocenters. The molecule has 1 heterocycles. The van der Waals surface area contributed by atoms with Crippen LogP contribution in [0.3, 0.4) is 0 Å². The van der Waals surface area contributed by atoms with E-state index in [1.807, 2.05) is 19.2 Å². The molecule has 4 rings (SSSR count). The van der Waals surface area contributed by atoms with Crippen LogP contribution in [0.4, 0.5) is 10.3 Å². The van der Waals surface area contributed by atoms with Crippen LogP contribution in [0.25, 0.3) is 11.0 Å². The van der Waals surface area contributed by atoms with Crippen LogP contribution in [0.2, 0.25) is 0 Å². The van der Waals surface area contributed by atoms with Gasteiger partial charge < -0.3 is 15.2 Å². The Bertz CT molecular complexity index is 990. The van der Waals surface area contributed by atoms with Crippen LogP contribution in [-0.2, 0) is 7.05 Å². The molecule has 2 aliphatic rings. The van der Waals surface area contributed by atoms with Crippen molar-refractivity contribution in [2.75, 3.05) is 5.32 Å². The van der Waals surface area contributed by atoms with Gasteiger partial charge in [-0.15, -0.1) is 0 Å². The van der Waals surface area contributed by atoms with E-state index >= 15 is 0 Å². The number of imidazole rings is 1. The smallest absolute Gasteiger partial charge is 0.254 e. The van der Waals surface area contributed by atoms with Gasteiger partial charge in [-0.1, -0.05) is 49.9 Å². The van der Waals surface area contributed by atoms with E-state index in [0.717, 1.165) is 25.7 Å². The van der Waals surface area contributed by atoms with E-state index in [1.54, 1.807) is 4.57 Å². The van der Waals surface area contributed by atoms with Gasteiger partial charge in [-0.3, -0.25) is 4.79 Å². The lowest BCUT2D eigenvalue weighted by molar-refractivity contribution is 0.0924. The Morgan fingerprint density at radius 2 is 2.03 bits per heavy atom. The minimum Gasteiger partial charge on any atom is -0.349 e. The van der Waals surface area contributed by atoms with Crippen molar-refractivity contribution >= 4 is 34.5 Å². The van der Waals surface area contributed by atoms with Gasteiger partial charge in [-0.25, -0.2) is 9.37 Å². The van der Waals surface area contributed by atoms with Crippen molar-refractivity contribution in [1.29, 1.82) is 0 Å². The van der Waals surface area contributed by atoms with Gasteiger partial charge in [0.15, 0.2) is 0 Å². The first kappa shape index (κ1) is 20.0. The first-order valence-corrected chi connectivity index (χ1v) is 10.6. The fourth-order valence-electron chi connectivity index (χ4n) is 4.15. The number of hydrogen-bond donors (Lipinski definition) is 2. The standard InChI is InChI=1S/C22H26ClFN4O/c1-13-7-6-10-16(23)20(13)27-22-26-18-11-15(17(24)12-19(18)28(22)2)21(29)25-14-8-4-3-5-9-14/h6-7,10-14,20H,3-5,8-9H2,1-2H3,(H,25,29)(H,26,27). The number of rotatable bonds is 4.